The highest BCUT2D eigenvalue weighted by Gasteiger charge is 2.52. The number of aliphatic hydroxyl groups is 2. The summed E-state index contributed by atoms with van der Waals surface area (Å²) in [7, 11) is -10.5. The molecular weight excluding hydrogens is 816 g/mol. The molecule has 0 aromatic carbocycles. The number of anilines is 2. The third-order valence-corrected chi connectivity index (χ3v) is 10.5. The number of rotatable bonds is 20. The summed E-state index contributed by atoms with van der Waals surface area (Å²) in [5, 5.41) is 22.6. The van der Waals surface area contributed by atoms with E-state index in [0.717, 1.165) is 29.9 Å². The lowest BCUT2D eigenvalue weighted by Crippen LogP contribution is -2.43. The van der Waals surface area contributed by atoms with Crippen molar-refractivity contribution < 1.29 is 71.4 Å². The van der Waals surface area contributed by atoms with Gasteiger partial charge in [-0.25, -0.2) is 28.9 Å². The van der Waals surface area contributed by atoms with Crippen LogP contribution < -0.4 is 17.2 Å². The van der Waals surface area contributed by atoms with Gasteiger partial charge in [-0.05, 0) is 18.9 Å². The Morgan fingerprint density at radius 2 is 1.67 bits per heavy atom. The van der Waals surface area contributed by atoms with E-state index >= 15 is 0 Å². The highest BCUT2D eigenvalue weighted by Crippen LogP contribution is 2.50. The number of nitrogens with zero attached hydrogens (tertiary/aromatic N) is 7. The molecule has 9 N–H and O–H groups in total. The van der Waals surface area contributed by atoms with Crippen LogP contribution in [0.15, 0.2) is 42.4 Å². The molecule has 2 aliphatic heterocycles. The fraction of sp³-hybridized carbons (Fsp3) is 0.581. The van der Waals surface area contributed by atoms with E-state index in [1.165, 1.54) is 21.9 Å². The number of amides is 1. The average molecular weight is 862 g/mol. The number of unbranched alkanes of at least 4 members (excludes halogenated alkanes) is 2. The minimum absolute atomic E-state index is 0.00380. The number of phosphoric acid groups is 2. The normalized spacial score (nSPS) is 25.8. The molecule has 5 heterocycles. The van der Waals surface area contributed by atoms with Crippen molar-refractivity contribution >= 4 is 50.3 Å². The Bertz CT molecular complexity index is 2080. The second-order valence-corrected chi connectivity index (χ2v) is 15.8. The van der Waals surface area contributed by atoms with Crippen LogP contribution in [0.1, 0.15) is 51.5 Å². The standard InChI is InChI=1S/C31H45N9O16P2/c1-3-5-7-10-38(20(41)8-6-4-2)12-21(42)55-25-17(53-30(23(25)43)40-16-36-22-27(33)34-15-35-28(22)40)14-52-58(49,50)56-26-18(13-51-57(46,47)48)54-29(24(26)44)39-11-9-19(32)37-31(39)45/h4,9,11,15-18,23-26,29-30,43-44H,2-3,5-8,10,12-14H2,1H3,(H,49,50)(H2,32,37,45)(H2,33,34,35)(H2,46,47,48)/t17-,18-,23-,24-,25-,26-,29-,30-/m1/s1. The molecule has 25 nitrogen and oxygen atoms in total. The molecule has 9 atom stereocenters. The monoisotopic (exact) mass is 861 g/mol. The van der Waals surface area contributed by atoms with Crippen molar-refractivity contribution in [1.82, 2.24) is 34.0 Å². The van der Waals surface area contributed by atoms with E-state index in [2.05, 4.69) is 31.0 Å². The molecule has 0 aliphatic carbocycles. The molecule has 5 rings (SSSR count). The van der Waals surface area contributed by atoms with Crippen molar-refractivity contribution in [1.29, 1.82) is 0 Å². The third kappa shape index (κ3) is 11.1. The Hall–Kier alpha value is -4.23. The quantitative estimate of drug-likeness (QED) is 0.0319. The Labute approximate surface area is 329 Å². The minimum atomic E-state index is -5.37. The van der Waals surface area contributed by atoms with Gasteiger partial charge in [0.2, 0.25) is 5.91 Å². The minimum Gasteiger partial charge on any atom is -0.455 e. The molecule has 27 heteroatoms. The number of aromatic nitrogens is 6. The molecule has 0 saturated carbocycles. The van der Waals surface area contributed by atoms with Crippen LogP contribution in [0.25, 0.3) is 11.2 Å². The van der Waals surface area contributed by atoms with Crippen molar-refractivity contribution in [3.63, 3.8) is 0 Å². The zero-order valence-corrected chi connectivity index (χ0v) is 32.8. The van der Waals surface area contributed by atoms with Crippen LogP contribution in [0.5, 0.6) is 0 Å². The maximum absolute atomic E-state index is 13.5. The third-order valence-electron chi connectivity index (χ3n) is 9.00. The highest BCUT2D eigenvalue weighted by atomic mass is 31.2. The Balaban J connectivity index is 1.37. The van der Waals surface area contributed by atoms with E-state index in [1.807, 2.05) is 6.92 Å². The number of aliphatic hydroxyl groups excluding tert-OH is 2. The number of carbonyl (C=O) groups excluding carboxylic acids is 2. The number of imidazole rings is 1. The highest BCUT2D eigenvalue weighted by molar-refractivity contribution is 7.47. The molecule has 3 aromatic rings. The predicted molar refractivity (Wildman–Crippen MR) is 197 cm³/mol. The van der Waals surface area contributed by atoms with Crippen LogP contribution in [0.3, 0.4) is 0 Å². The number of esters is 1. The van der Waals surface area contributed by atoms with Crippen LogP contribution in [0.2, 0.25) is 0 Å². The Morgan fingerprint density at radius 1 is 1.00 bits per heavy atom. The van der Waals surface area contributed by atoms with E-state index in [1.54, 1.807) is 6.08 Å². The average Bonchev–Trinajstić information content (AvgIpc) is 3.81. The summed E-state index contributed by atoms with van der Waals surface area (Å²) in [4.78, 5) is 85.3. The predicted octanol–water partition coefficient (Wildman–Crippen LogP) is -0.727. The van der Waals surface area contributed by atoms with Crippen molar-refractivity contribution in [2.45, 2.75) is 88.1 Å². The van der Waals surface area contributed by atoms with Crippen LogP contribution in [-0.2, 0) is 46.5 Å². The lowest BCUT2D eigenvalue weighted by atomic mass is 10.1. The number of carbonyl (C=O) groups is 2. The number of nitrogens with two attached hydrogens (primary N) is 2. The smallest absolute Gasteiger partial charge is 0.455 e. The van der Waals surface area contributed by atoms with Gasteiger partial charge in [0.25, 0.3) is 0 Å². The van der Waals surface area contributed by atoms with Gasteiger partial charge in [-0.2, -0.15) is 4.98 Å². The first-order valence-electron chi connectivity index (χ1n) is 17.8. The second-order valence-electron chi connectivity index (χ2n) is 13.2. The molecule has 58 heavy (non-hydrogen) atoms. The zero-order chi connectivity index (χ0) is 42.4. The Morgan fingerprint density at radius 3 is 2.34 bits per heavy atom. The van der Waals surface area contributed by atoms with Gasteiger partial charge in [-0.1, -0.05) is 25.8 Å². The largest absolute Gasteiger partial charge is 0.472 e. The van der Waals surface area contributed by atoms with Gasteiger partial charge in [-0.15, -0.1) is 6.58 Å². The van der Waals surface area contributed by atoms with E-state index in [0.29, 0.717) is 12.8 Å². The van der Waals surface area contributed by atoms with E-state index < -0.39 is 96.1 Å². The summed E-state index contributed by atoms with van der Waals surface area (Å²) in [6.07, 6.45) is -5.86. The van der Waals surface area contributed by atoms with E-state index in [4.69, 9.17) is 34.7 Å². The second kappa shape index (κ2) is 19.2. The summed E-state index contributed by atoms with van der Waals surface area (Å²) in [5.41, 5.74) is 10.7. The van der Waals surface area contributed by atoms with Gasteiger partial charge < -0.3 is 55.5 Å². The number of phosphoric ester groups is 2. The first-order chi connectivity index (χ1) is 27.4. The Kier molecular flexibility index (Phi) is 14.9. The maximum Gasteiger partial charge on any atom is 0.472 e. The zero-order valence-electron chi connectivity index (χ0n) is 31.0. The van der Waals surface area contributed by atoms with E-state index in [9.17, 15) is 48.4 Å². The summed E-state index contributed by atoms with van der Waals surface area (Å²) in [5.74, 6) is -1.47. The number of allylic oxidation sites excluding steroid dienone is 1. The number of nitrogen functional groups attached to an aromatic ring is 2. The topological polar surface area (TPSA) is 359 Å². The van der Waals surface area contributed by atoms with Gasteiger partial charge in [0, 0.05) is 19.2 Å². The van der Waals surface area contributed by atoms with Crippen molar-refractivity contribution in [3.8, 4) is 0 Å². The fourth-order valence-electron chi connectivity index (χ4n) is 6.21. The first-order valence-corrected chi connectivity index (χ1v) is 20.8. The lowest BCUT2D eigenvalue weighted by molar-refractivity contribution is -0.160. The van der Waals surface area contributed by atoms with Gasteiger partial charge >= 0.3 is 27.3 Å². The molecule has 2 saturated heterocycles. The summed E-state index contributed by atoms with van der Waals surface area (Å²) in [6.45, 7) is 3.39. The van der Waals surface area contributed by atoms with Gasteiger partial charge in [0.15, 0.2) is 30.0 Å². The van der Waals surface area contributed by atoms with Gasteiger partial charge in [0.05, 0.1) is 19.5 Å². The van der Waals surface area contributed by atoms with Crippen molar-refractivity contribution in [2.24, 2.45) is 0 Å². The van der Waals surface area contributed by atoms with Gasteiger partial charge in [0.1, 0.15) is 54.7 Å². The lowest BCUT2D eigenvalue weighted by Gasteiger charge is -2.26. The molecule has 320 valence electrons. The van der Waals surface area contributed by atoms with Crippen molar-refractivity contribution in [3.05, 3.63) is 48.1 Å². The molecule has 2 aliphatic rings. The molecule has 0 spiro atoms. The van der Waals surface area contributed by atoms with Crippen LogP contribution >= 0.6 is 15.6 Å². The summed E-state index contributed by atoms with van der Waals surface area (Å²) >= 11 is 0. The summed E-state index contributed by atoms with van der Waals surface area (Å²) in [6, 6.07) is 1.18. The fourth-order valence-corrected chi connectivity index (χ4v) is 7.52. The van der Waals surface area contributed by atoms with Crippen LogP contribution in [0.4, 0.5) is 11.6 Å². The van der Waals surface area contributed by atoms with Gasteiger partial charge in [-0.3, -0.25) is 32.3 Å². The first kappa shape index (κ1) is 44.9. The molecule has 0 bridgehead atoms. The number of hydrogen-bond donors (Lipinski definition) is 7. The molecule has 0 radical (unpaired) electrons. The molecule has 2 fully saturated rings. The van der Waals surface area contributed by atoms with E-state index in [-0.39, 0.29) is 41.7 Å². The molecule has 3 aromatic heterocycles. The number of ether oxygens (including phenoxy) is 3. The number of hydrogen-bond acceptors (Lipinski definition) is 19. The molecule has 1 amide bonds. The maximum atomic E-state index is 13.5. The van der Waals surface area contributed by atoms with Crippen LogP contribution in [0, 0.1) is 0 Å². The summed E-state index contributed by atoms with van der Waals surface area (Å²) < 4.78 is 59.1. The SMILES string of the molecule is C=CCCC(=O)N(CCCCC)CC(=O)O[C@H]1[C@@H](O)[C@H](n2cnc3c(N)ncnc32)O[C@@H]1COP(=O)(O)O[C@H]1[C@@H](O)[C@H](n2ccc(N)nc2=O)O[C@@H]1COP(=O)(O)O. The van der Waals surface area contributed by atoms with Crippen molar-refractivity contribution in [2.75, 3.05) is 37.8 Å². The molecular formula is C31H45N9O16P2. The van der Waals surface area contributed by atoms with Crippen LogP contribution in [-0.4, -0.2) is 134 Å². The number of fused-ring (bicyclic) bond motifs is 1. The molecule has 1 unspecified atom stereocenters.